The number of para-hydroxylation sites is 1. The summed E-state index contributed by atoms with van der Waals surface area (Å²) in [6.07, 6.45) is 3.44. The number of fused-ring (bicyclic) bond motifs is 1. The highest BCUT2D eigenvalue weighted by Crippen LogP contribution is 2.35. The first kappa shape index (κ1) is 13.7. The average Bonchev–Trinajstić information content (AvgIpc) is 2.92. The Labute approximate surface area is 121 Å². The van der Waals surface area contributed by atoms with E-state index in [2.05, 4.69) is 59.5 Å². The summed E-state index contributed by atoms with van der Waals surface area (Å²) in [6.45, 7) is 9.19. The number of piperazine rings is 1. The van der Waals surface area contributed by atoms with Crippen LogP contribution in [0.3, 0.4) is 0 Å². The molecule has 0 amide bonds. The van der Waals surface area contributed by atoms with Crippen molar-refractivity contribution in [1.29, 1.82) is 0 Å². The van der Waals surface area contributed by atoms with Crippen molar-refractivity contribution in [2.45, 2.75) is 26.3 Å². The van der Waals surface area contributed by atoms with Gasteiger partial charge in [-0.2, -0.15) is 0 Å². The molecule has 1 saturated heterocycles. The van der Waals surface area contributed by atoms with Crippen molar-refractivity contribution < 1.29 is 0 Å². The summed E-state index contributed by atoms with van der Waals surface area (Å²) in [5.41, 5.74) is 2.72. The van der Waals surface area contributed by atoms with Crippen molar-refractivity contribution >= 4 is 10.9 Å². The maximum atomic E-state index is 3.46. The lowest BCUT2D eigenvalue weighted by Crippen LogP contribution is -2.46. The highest BCUT2D eigenvalue weighted by atomic mass is 15.2. The Bertz CT molecular complexity index is 554. The molecule has 0 saturated carbocycles. The van der Waals surface area contributed by atoms with Crippen LogP contribution in [0.4, 0.5) is 0 Å². The minimum Gasteiger partial charge on any atom is -0.361 e. The van der Waals surface area contributed by atoms with E-state index in [0.717, 1.165) is 26.2 Å². The second-order valence-corrected chi connectivity index (χ2v) is 5.91. The molecule has 1 aromatic carbocycles. The molecule has 2 N–H and O–H groups in total. The van der Waals surface area contributed by atoms with Gasteiger partial charge in [0.2, 0.25) is 0 Å². The Balaban J connectivity index is 1.99. The standard InChI is InChI=1S/C17H25N3/c1-3-13(2)17(20-10-8-18-9-11-20)15-12-19-16-7-5-4-6-14(15)16/h4-7,12-13,17-19H,3,8-11H2,1-2H3/t13?,17-/m0/s1. The Kier molecular flexibility index (Phi) is 4.08. The summed E-state index contributed by atoms with van der Waals surface area (Å²) in [7, 11) is 0. The van der Waals surface area contributed by atoms with Crippen molar-refractivity contribution in [2.24, 2.45) is 5.92 Å². The van der Waals surface area contributed by atoms with Gasteiger partial charge >= 0.3 is 0 Å². The molecule has 0 spiro atoms. The van der Waals surface area contributed by atoms with E-state index in [9.17, 15) is 0 Å². The lowest BCUT2D eigenvalue weighted by Gasteiger charge is -2.38. The van der Waals surface area contributed by atoms with Gasteiger partial charge in [0, 0.05) is 49.3 Å². The van der Waals surface area contributed by atoms with Crippen LogP contribution < -0.4 is 5.32 Å². The van der Waals surface area contributed by atoms with Crippen LogP contribution in [0.5, 0.6) is 0 Å². The Morgan fingerprint density at radius 2 is 1.95 bits per heavy atom. The molecule has 1 aromatic heterocycles. The van der Waals surface area contributed by atoms with E-state index < -0.39 is 0 Å². The molecule has 1 aliphatic heterocycles. The van der Waals surface area contributed by atoms with Gasteiger partial charge in [0.25, 0.3) is 0 Å². The van der Waals surface area contributed by atoms with E-state index in [1.54, 1.807) is 0 Å². The van der Waals surface area contributed by atoms with Gasteiger partial charge in [0.05, 0.1) is 0 Å². The molecule has 3 heteroatoms. The zero-order valence-electron chi connectivity index (χ0n) is 12.5. The molecule has 1 fully saturated rings. The number of H-pyrrole nitrogens is 1. The van der Waals surface area contributed by atoms with Crippen LogP contribution in [0, 0.1) is 5.92 Å². The number of hydrogen-bond donors (Lipinski definition) is 2. The molecular formula is C17H25N3. The molecule has 108 valence electrons. The van der Waals surface area contributed by atoms with Crippen molar-refractivity contribution in [1.82, 2.24) is 15.2 Å². The van der Waals surface area contributed by atoms with E-state index in [4.69, 9.17) is 0 Å². The zero-order chi connectivity index (χ0) is 13.9. The number of rotatable bonds is 4. The Morgan fingerprint density at radius 3 is 2.70 bits per heavy atom. The van der Waals surface area contributed by atoms with Gasteiger partial charge in [-0.3, -0.25) is 4.90 Å². The van der Waals surface area contributed by atoms with Crippen LogP contribution in [0.2, 0.25) is 0 Å². The second-order valence-electron chi connectivity index (χ2n) is 5.91. The first-order valence-electron chi connectivity index (χ1n) is 7.82. The monoisotopic (exact) mass is 271 g/mol. The third-order valence-corrected chi connectivity index (χ3v) is 4.67. The van der Waals surface area contributed by atoms with Crippen LogP contribution >= 0.6 is 0 Å². The van der Waals surface area contributed by atoms with Gasteiger partial charge in [0.1, 0.15) is 0 Å². The second kappa shape index (κ2) is 5.98. The maximum Gasteiger partial charge on any atom is 0.0457 e. The van der Waals surface area contributed by atoms with E-state index in [0.29, 0.717) is 12.0 Å². The number of nitrogens with zero attached hydrogens (tertiary/aromatic N) is 1. The summed E-state index contributed by atoms with van der Waals surface area (Å²) >= 11 is 0. The summed E-state index contributed by atoms with van der Waals surface area (Å²) in [4.78, 5) is 6.10. The SMILES string of the molecule is CCC(C)[C@@H](c1c[nH]c2ccccc12)N1CCNCC1. The van der Waals surface area contributed by atoms with Gasteiger partial charge in [-0.25, -0.2) is 0 Å². The minimum absolute atomic E-state index is 0.526. The predicted octanol–water partition coefficient (Wildman–Crippen LogP) is 3.16. The van der Waals surface area contributed by atoms with E-state index >= 15 is 0 Å². The molecular weight excluding hydrogens is 246 g/mol. The zero-order valence-corrected chi connectivity index (χ0v) is 12.5. The number of benzene rings is 1. The molecule has 2 atom stereocenters. The summed E-state index contributed by atoms with van der Waals surface area (Å²) in [5.74, 6) is 0.673. The fraction of sp³-hybridized carbons (Fsp3) is 0.529. The molecule has 20 heavy (non-hydrogen) atoms. The lowest BCUT2D eigenvalue weighted by molar-refractivity contribution is 0.129. The molecule has 3 nitrogen and oxygen atoms in total. The molecule has 0 bridgehead atoms. The largest absolute Gasteiger partial charge is 0.361 e. The minimum atomic E-state index is 0.526. The van der Waals surface area contributed by atoms with Gasteiger partial charge < -0.3 is 10.3 Å². The van der Waals surface area contributed by atoms with Crippen LogP contribution in [0.15, 0.2) is 30.5 Å². The van der Waals surface area contributed by atoms with E-state index in [1.165, 1.54) is 22.9 Å². The molecule has 0 radical (unpaired) electrons. The van der Waals surface area contributed by atoms with Crippen molar-refractivity contribution in [3.8, 4) is 0 Å². The number of aromatic nitrogens is 1. The van der Waals surface area contributed by atoms with E-state index in [1.807, 2.05) is 0 Å². The van der Waals surface area contributed by atoms with E-state index in [-0.39, 0.29) is 0 Å². The summed E-state index contributed by atoms with van der Waals surface area (Å²) < 4.78 is 0. The smallest absolute Gasteiger partial charge is 0.0457 e. The molecule has 3 rings (SSSR count). The maximum absolute atomic E-state index is 3.46. The normalized spacial score (nSPS) is 20.1. The molecule has 1 aliphatic rings. The molecule has 0 aliphatic carbocycles. The van der Waals surface area contributed by atoms with Gasteiger partial charge in [-0.05, 0) is 17.5 Å². The quantitative estimate of drug-likeness (QED) is 0.895. The third-order valence-electron chi connectivity index (χ3n) is 4.67. The fourth-order valence-corrected chi connectivity index (χ4v) is 3.39. The topological polar surface area (TPSA) is 31.1 Å². The first-order chi connectivity index (χ1) is 9.81. The Hall–Kier alpha value is -1.32. The summed E-state index contributed by atoms with van der Waals surface area (Å²) in [5, 5.41) is 4.85. The predicted molar refractivity (Wildman–Crippen MR) is 84.9 cm³/mol. The van der Waals surface area contributed by atoms with Crippen LogP contribution in [0.25, 0.3) is 10.9 Å². The molecule has 2 heterocycles. The number of hydrogen-bond acceptors (Lipinski definition) is 2. The van der Waals surface area contributed by atoms with Gasteiger partial charge in [-0.15, -0.1) is 0 Å². The third kappa shape index (κ3) is 2.48. The lowest BCUT2D eigenvalue weighted by atomic mass is 9.90. The van der Waals surface area contributed by atoms with Crippen LogP contribution in [0.1, 0.15) is 31.9 Å². The van der Waals surface area contributed by atoms with Gasteiger partial charge in [-0.1, -0.05) is 38.5 Å². The van der Waals surface area contributed by atoms with Crippen molar-refractivity contribution in [2.75, 3.05) is 26.2 Å². The van der Waals surface area contributed by atoms with Crippen molar-refractivity contribution in [3.63, 3.8) is 0 Å². The summed E-state index contributed by atoms with van der Waals surface area (Å²) in [6, 6.07) is 9.19. The highest BCUT2D eigenvalue weighted by molar-refractivity contribution is 5.83. The molecule has 2 aromatic rings. The van der Waals surface area contributed by atoms with Crippen molar-refractivity contribution in [3.05, 3.63) is 36.0 Å². The first-order valence-corrected chi connectivity index (χ1v) is 7.82. The fourth-order valence-electron chi connectivity index (χ4n) is 3.39. The van der Waals surface area contributed by atoms with Gasteiger partial charge in [0.15, 0.2) is 0 Å². The number of nitrogens with one attached hydrogen (secondary N) is 2. The average molecular weight is 271 g/mol. The van der Waals surface area contributed by atoms with Crippen LogP contribution in [-0.2, 0) is 0 Å². The Morgan fingerprint density at radius 1 is 1.20 bits per heavy atom. The van der Waals surface area contributed by atoms with Crippen LogP contribution in [-0.4, -0.2) is 36.1 Å². The molecule has 1 unspecified atom stereocenters. The highest BCUT2D eigenvalue weighted by Gasteiger charge is 2.28. The number of aromatic amines is 1.